The zero-order chi connectivity index (χ0) is 7.56. The van der Waals surface area contributed by atoms with E-state index in [4.69, 9.17) is 0 Å². The average Bonchev–Trinajstić information content (AvgIpc) is 1.95. The molecule has 0 saturated carbocycles. The van der Waals surface area contributed by atoms with Crippen LogP contribution < -0.4 is 0 Å². The van der Waals surface area contributed by atoms with Crippen LogP contribution in [0, 0.1) is 13.8 Å². The second kappa shape index (κ2) is 4.03. The minimum atomic E-state index is 0.950. The second-order valence-electron chi connectivity index (χ2n) is 2.71. The quantitative estimate of drug-likeness (QED) is 0.548. The molecule has 10 heavy (non-hydrogen) atoms. The Morgan fingerprint density at radius 1 is 1.30 bits per heavy atom. The number of hydrogen-bond acceptors (Lipinski definition) is 0. The summed E-state index contributed by atoms with van der Waals surface area (Å²) in [7, 11) is 0. The molecule has 0 spiro atoms. The van der Waals surface area contributed by atoms with Crippen molar-refractivity contribution in [2.75, 3.05) is 0 Å². The predicted octanol–water partition coefficient (Wildman–Crippen LogP) is 1.97. The minimum absolute atomic E-state index is 0.950. The average molecular weight is 158 g/mol. The standard InChI is InChI=1S/C9H11.K/c1-7-5-4-6-8(2)9(7)3;/h4-6H,1H2,2-3H3;. The summed E-state index contributed by atoms with van der Waals surface area (Å²) in [6.07, 6.45) is 0. The van der Waals surface area contributed by atoms with Crippen molar-refractivity contribution in [2.45, 2.75) is 14.4 Å². The van der Waals surface area contributed by atoms with Gasteiger partial charge in [0.15, 0.2) is 0 Å². The van der Waals surface area contributed by atoms with E-state index in [-0.39, 0.29) is 0 Å². The van der Waals surface area contributed by atoms with Crippen LogP contribution in [0.15, 0.2) is 18.2 Å². The molecule has 0 saturated heterocycles. The van der Waals surface area contributed by atoms with Gasteiger partial charge in [-0.2, -0.15) is 0 Å². The zero-order valence-corrected chi connectivity index (χ0v) is 10.1. The van der Waals surface area contributed by atoms with Crippen LogP contribution >= 0.6 is 0 Å². The zero-order valence-electron chi connectivity index (χ0n) is 6.94. The van der Waals surface area contributed by atoms with Crippen LogP contribution in [-0.2, 0) is 0.515 Å². The Morgan fingerprint density at radius 2 is 2.00 bits per heavy atom. The third kappa shape index (κ3) is 1.92. The summed E-state index contributed by atoms with van der Waals surface area (Å²) in [5.74, 6) is 0. The van der Waals surface area contributed by atoms with Crippen molar-refractivity contribution in [1.29, 1.82) is 0 Å². The third-order valence-corrected chi connectivity index (χ3v) is 3.29. The van der Waals surface area contributed by atoms with Crippen LogP contribution in [-0.4, -0.2) is 49.0 Å². The van der Waals surface area contributed by atoms with E-state index < -0.39 is 0 Å². The van der Waals surface area contributed by atoms with Gasteiger partial charge in [0.1, 0.15) is 0 Å². The van der Waals surface area contributed by atoms with Crippen molar-refractivity contribution in [2.24, 2.45) is 0 Å². The molecular weight excluding hydrogens is 147 g/mol. The van der Waals surface area contributed by atoms with Gasteiger partial charge in [-0.05, 0) is 0 Å². The molecule has 1 aromatic carbocycles. The molecule has 1 rings (SSSR count). The molecule has 0 aromatic heterocycles. The summed E-state index contributed by atoms with van der Waals surface area (Å²) in [5, 5.41) is 0. The summed E-state index contributed by atoms with van der Waals surface area (Å²) in [5.41, 5.74) is 4.48. The SMILES string of the molecule is Cc1cccc([CH2][K])c1C. The van der Waals surface area contributed by atoms with Gasteiger partial charge in [-0.3, -0.25) is 0 Å². The van der Waals surface area contributed by atoms with Crippen molar-refractivity contribution in [3.8, 4) is 0 Å². The molecule has 0 unspecified atom stereocenters. The summed E-state index contributed by atoms with van der Waals surface area (Å²) >= 11 is 0.950. The summed E-state index contributed by atoms with van der Waals surface area (Å²) in [4.78, 5) is 0. The maximum absolute atomic E-state index is 2.24. The van der Waals surface area contributed by atoms with Crippen molar-refractivity contribution in [3.05, 3.63) is 34.9 Å². The summed E-state index contributed by atoms with van der Waals surface area (Å²) in [6, 6.07) is 6.58. The number of aryl methyl sites for hydroxylation is 1. The first kappa shape index (κ1) is 8.95. The van der Waals surface area contributed by atoms with Gasteiger partial charge in [-0.15, -0.1) is 0 Å². The fraction of sp³-hybridized carbons (Fsp3) is 0.333. The van der Waals surface area contributed by atoms with E-state index >= 15 is 0 Å². The van der Waals surface area contributed by atoms with Gasteiger partial charge >= 0.3 is 98.2 Å². The topological polar surface area (TPSA) is 0 Å². The van der Waals surface area contributed by atoms with Gasteiger partial charge < -0.3 is 0 Å². The molecule has 0 aliphatic heterocycles. The molecule has 1 heteroatoms. The molecule has 0 nitrogen and oxygen atoms in total. The van der Waals surface area contributed by atoms with E-state index in [1.165, 1.54) is 11.6 Å². The fourth-order valence-electron chi connectivity index (χ4n) is 1.19. The van der Waals surface area contributed by atoms with Crippen molar-refractivity contribution in [1.82, 2.24) is 0 Å². The Labute approximate surface area is 96.6 Å². The molecule has 0 atom stereocenters. The third-order valence-electron chi connectivity index (χ3n) is 2.10. The molecule has 0 aliphatic carbocycles. The van der Waals surface area contributed by atoms with Crippen LogP contribution in [0.4, 0.5) is 0 Å². The van der Waals surface area contributed by atoms with Crippen molar-refractivity contribution in [3.63, 3.8) is 0 Å². The molecule has 0 fully saturated rings. The second-order valence-corrected chi connectivity index (χ2v) is 3.82. The van der Waals surface area contributed by atoms with E-state index in [1.807, 2.05) is 0 Å². The van der Waals surface area contributed by atoms with Gasteiger partial charge in [-0.1, -0.05) is 0 Å². The molecule has 0 radical (unpaired) electrons. The molecule has 1 aromatic rings. The van der Waals surface area contributed by atoms with Gasteiger partial charge in [0, 0.05) is 0 Å². The Kier molecular flexibility index (Phi) is 3.60. The number of rotatable bonds is 1. The van der Waals surface area contributed by atoms with E-state index in [0.29, 0.717) is 0 Å². The fourth-order valence-corrected chi connectivity index (χ4v) is 2.39. The van der Waals surface area contributed by atoms with Crippen LogP contribution in [0.5, 0.6) is 0 Å². The number of benzene rings is 1. The van der Waals surface area contributed by atoms with E-state index in [2.05, 4.69) is 32.0 Å². The normalized spacial score (nSPS) is 10.0. The molecule has 0 aliphatic rings. The monoisotopic (exact) mass is 158 g/mol. The maximum atomic E-state index is 2.24. The van der Waals surface area contributed by atoms with E-state index in [0.717, 1.165) is 49.0 Å². The Morgan fingerprint density at radius 3 is 2.50 bits per heavy atom. The van der Waals surface area contributed by atoms with E-state index in [1.54, 1.807) is 5.56 Å². The first-order valence-electron chi connectivity index (χ1n) is 3.80. The molecular formula is C9H11K. The Balaban J connectivity index is 3.14. The summed E-state index contributed by atoms with van der Waals surface area (Å²) in [6.45, 7) is 4.40. The van der Waals surface area contributed by atoms with Crippen LogP contribution in [0.25, 0.3) is 0 Å². The van der Waals surface area contributed by atoms with Gasteiger partial charge in [-0.25, -0.2) is 0 Å². The predicted molar refractivity (Wildman–Crippen MR) is 45.4 cm³/mol. The number of hydrogen-bond donors (Lipinski definition) is 0. The van der Waals surface area contributed by atoms with Gasteiger partial charge in [0.25, 0.3) is 0 Å². The Bertz CT molecular complexity index is 228. The first-order chi connectivity index (χ1) is 4.75. The molecule has 0 heterocycles. The molecule has 48 valence electrons. The van der Waals surface area contributed by atoms with E-state index in [9.17, 15) is 0 Å². The Hall–Kier alpha value is 0.856. The van der Waals surface area contributed by atoms with Crippen molar-refractivity contribution < 1.29 is 0 Å². The summed E-state index contributed by atoms with van der Waals surface area (Å²) < 4.78 is 1.33. The van der Waals surface area contributed by atoms with Gasteiger partial charge in [0.2, 0.25) is 0 Å². The molecule has 0 bridgehead atoms. The van der Waals surface area contributed by atoms with Crippen molar-refractivity contribution >= 4 is 49.0 Å². The molecule has 0 N–H and O–H groups in total. The van der Waals surface area contributed by atoms with Crippen LogP contribution in [0.1, 0.15) is 16.7 Å². The molecule has 0 amide bonds. The van der Waals surface area contributed by atoms with Crippen LogP contribution in [0.2, 0.25) is 0 Å². The van der Waals surface area contributed by atoms with Crippen LogP contribution in [0.3, 0.4) is 0 Å². The first-order valence-corrected chi connectivity index (χ1v) is 6.01. The van der Waals surface area contributed by atoms with Gasteiger partial charge in [0.05, 0.1) is 0 Å².